The van der Waals surface area contributed by atoms with Gasteiger partial charge in [-0.3, -0.25) is 0 Å². The fourth-order valence-electron chi connectivity index (χ4n) is 3.00. The first-order chi connectivity index (χ1) is 9.58. The van der Waals surface area contributed by atoms with Gasteiger partial charge in [-0.05, 0) is 48.4 Å². The van der Waals surface area contributed by atoms with Gasteiger partial charge in [0.05, 0.1) is 11.7 Å². The summed E-state index contributed by atoms with van der Waals surface area (Å²) >= 11 is 0. The summed E-state index contributed by atoms with van der Waals surface area (Å²) in [5.74, 6) is -1.47. The van der Waals surface area contributed by atoms with Gasteiger partial charge in [-0.2, -0.15) is 0 Å². The largest absolute Gasteiger partial charge is 0.388 e. The van der Waals surface area contributed by atoms with Crippen LogP contribution in [0.3, 0.4) is 0 Å². The van der Waals surface area contributed by atoms with E-state index >= 15 is 0 Å². The summed E-state index contributed by atoms with van der Waals surface area (Å²) in [6.07, 6.45) is 0.205. The Morgan fingerprint density at radius 3 is 2.25 bits per heavy atom. The van der Waals surface area contributed by atoms with Crippen molar-refractivity contribution in [3.63, 3.8) is 0 Å². The van der Waals surface area contributed by atoms with E-state index in [4.69, 9.17) is 0 Å². The van der Waals surface area contributed by atoms with Gasteiger partial charge in [0.1, 0.15) is 11.6 Å². The van der Waals surface area contributed by atoms with Crippen LogP contribution in [0.1, 0.15) is 28.4 Å². The standard InChI is InChI=1S/C17H16F2O/c1-10-6-7-14(18)15(16(10)19)17(20)13-8-11-4-2-3-5-12(11)9-13/h2-7,13,17,20H,8-9H2,1H3. The summed E-state index contributed by atoms with van der Waals surface area (Å²) in [4.78, 5) is 0. The summed E-state index contributed by atoms with van der Waals surface area (Å²) < 4.78 is 28.0. The molecule has 0 heterocycles. The van der Waals surface area contributed by atoms with Crippen molar-refractivity contribution in [2.75, 3.05) is 0 Å². The molecule has 0 saturated carbocycles. The third kappa shape index (κ3) is 2.12. The van der Waals surface area contributed by atoms with Crippen molar-refractivity contribution < 1.29 is 13.9 Å². The number of aryl methyl sites for hydroxylation is 1. The molecule has 0 spiro atoms. The van der Waals surface area contributed by atoms with Crippen LogP contribution in [0.4, 0.5) is 8.78 Å². The maximum atomic E-state index is 14.1. The lowest BCUT2D eigenvalue weighted by Gasteiger charge is -2.20. The zero-order valence-electron chi connectivity index (χ0n) is 11.2. The molecule has 104 valence electrons. The smallest absolute Gasteiger partial charge is 0.134 e. The van der Waals surface area contributed by atoms with Crippen molar-refractivity contribution in [2.24, 2.45) is 5.92 Å². The predicted molar refractivity (Wildman–Crippen MR) is 73.4 cm³/mol. The van der Waals surface area contributed by atoms with Crippen LogP contribution in [-0.4, -0.2) is 5.11 Å². The molecule has 0 saturated heterocycles. The van der Waals surface area contributed by atoms with Crippen LogP contribution >= 0.6 is 0 Å². The summed E-state index contributed by atoms with van der Waals surface area (Å²) in [6.45, 7) is 1.58. The fraction of sp³-hybridized carbons (Fsp3) is 0.294. The molecule has 20 heavy (non-hydrogen) atoms. The monoisotopic (exact) mass is 274 g/mol. The molecule has 0 bridgehead atoms. The van der Waals surface area contributed by atoms with Crippen molar-refractivity contribution in [1.82, 2.24) is 0 Å². The number of rotatable bonds is 2. The molecule has 2 aromatic rings. The van der Waals surface area contributed by atoms with E-state index in [0.29, 0.717) is 18.4 Å². The third-order valence-electron chi connectivity index (χ3n) is 4.14. The number of aliphatic hydroxyl groups is 1. The van der Waals surface area contributed by atoms with Gasteiger partial charge in [0, 0.05) is 0 Å². The van der Waals surface area contributed by atoms with Crippen molar-refractivity contribution >= 4 is 0 Å². The van der Waals surface area contributed by atoms with Gasteiger partial charge in [0.2, 0.25) is 0 Å². The molecule has 0 aliphatic heterocycles. The molecule has 1 atom stereocenters. The molecule has 3 rings (SSSR count). The minimum Gasteiger partial charge on any atom is -0.388 e. The third-order valence-corrected chi connectivity index (χ3v) is 4.14. The van der Waals surface area contributed by atoms with Gasteiger partial charge in [-0.25, -0.2) is 8.78 Å². The molecule has 3 heteroatoms. The Balaban J connectivity index is 1.92. The maximum absolute atomic E-state index is 14.1. The second-order valence-corrected chi connectivity index (χ2v) is 5.47. The lowest BCUT2D eigenvalue weighted by Crippen LogP contribution is -2.16. The van der Waals surface area contributed by atoms with Crippen molar-refractivity contribution in [2.45, 2.75) is 25.9 Å². The van der Waals surface area contributed by atoms with E-state index in [-0.39, 0.29) is 11.5 Å². The Morgan fingerprint density at radius 2 is 1.65 bits per heavy atom. The number of fused-ring (bicyclic) bond motifs is 1. The van der Waals surface area contributed by atoms with E-state index in [1.807, 2.05) is 24.3 Å². The Morgan fingerprint density at radius 1 is 1.05 bits per heavy atom. The van der Waals surface area contributed by atoms with Crippen LogP contribution in [0.5, 0.6) is 0 Å². The first kappa shape index (κ1) is 13.3. The van der Waals surface area contributed by atoms with Gasteiger partial charge in [0.25, 0.3) is 0 Å². The zero-order valence-corrected chi connectivity index (χ0v) is 11.2. The molecule has 1 nitrogen and oxygen atoms in total. The topological polar surface area (TPSA) is 20.2 Å². The molecule has 0 amide bonds. The Hall–Kier alpha value is -1.74. The molecule has 0 aromatic heterocycles. The highest BCUT2D eigenvalue weighted by molar-refractivity contribution is 5.35. The lowest BCUT2D eigenvalue weighted by atomic mass is 9.91. The number of hydrogen-bond acceptors (Lipinski definition) is 1. The molecule has 2 aromatic carbocycles. The number of aliphatic hydroxyl groups excluding tert-OH is 1. The van der Waals surface area contributed by atoms with E-state index in [1.165, 1.54) is 12.1 Å². The van der Waals surface area contributed by atoms with Crippen LogP contribution in [-0.2, 0) is 12.8 Å². The van der Waals surface area contributed by atoms with E-state index < -0.39 is 17.7 Å². The SMILES string of the molecule is Cc1ccc(F)c(C(O)C2Cc3ccccc3C2)c1F. The molecule has 1 aliphatic rings. The van der Waals surface area contributed by atoms with Gasteiger partial charge in [0.15, 0.2) is 0 Å². The number of hydrogen-bond donors (Lipinski definition) is 1. The molecule has 0 radical (unpaired) electrons. The van der Waals surface area contributed by atoms with Crippen LogP contribution in [0, 0.1) is 24.5 Å². The van der Waals surface area contributed by atoms with Gasteiger partial charge >= 0.3 is 0 Å². The first-order valence-electron chi connectivity index (χ1n) is 6.77. The second kappa shape index (κ2) is 4.98. The quantitative estimate of drug-likeness (QED) is 0.885. The summed E-state index contributed by atoms with van der Waals surface area (Å²) in [6, 6.07) is 10.5. The average molecular weight is 274 g/mol. The molecular weight excluding hydrogens is 258 g/mol. The van der Waals surface area contributed by atoms with Gasteiger partial charge in [-0.15, -0.1) is 0 Å². The minimum absolute atomic E-state index is 0.168. The van der Waals surface area contributed by atoms with E-state index in [2.05, 4.69) is 0 Å². The van der Waals surface area contributed by atoms with Crippen molar-refractivity contribution in [3.05, 3.63) is 70.3 Å². The maximum Gasteiger partial charge on any atom is 0.134 e. The van der Waals surface area contributed by atoms with E-state index in [9.17, 15) is 13.9 Å². The zero-order chi connectivity index (χ0) is 14.3. The highest BCUT2D eigenvalue weighted by Crippen LogP contribution is 2.37. The van der Waals surface area contributed by atoms with Crippen LogP contribution in [0.2, 0.25) is 0 Å². The van der Waals surface area contributed by atoms with Gasteiger partial charge in [-0.1, -0.05) is 30.3 Å². The minimum atomic E-state index is -1.11. The Kier molecular flexibility index (Phi) is 3.30. The number of benzene rings is 2. The normalized spacial score (nSPS) is 16.2. The number of halogens is 2. The second-order valence-electron chi connectivity index (χ2n) is 5.47. The van der Waals surface area contributed by atoms with Crippen molar-refractivity contribution in [1.29, 1.82) is 0 Å². The molecule has 1 N–H and O–H groups in total. The van der Waals surface area contributed by atoms with Crippen LogP contribution in [0.25, 0.3) is 0 Å². The highest BCUT2D eigenvalue weighted by atomic mass is 19.1. The van der Waals surface area contributed by atoms with Crippen LogP contribution in [0.15, 0.2) is 36.4 Å². The Labute approximate surface area is 116 Å². The van der Waals surface area contributed by atoms with Gasteiger partial charge < -0.3 is 5.11 Å². The van der Waals surface area contributed by atoms with E-state index in [0.717, 1.165) is 11.1 Å². The molecule has 1 unspecified atom stereocenters. The molecular formula is C17H16F2O. The van der Waals surface area contributed by atoms with Crippen LogP contribution < -0.4 is 0 Å². The predicted octanol–water partition coefficient (Wildman–Crippen LogP) is 3.72. The van der Waals surface area contributed by atoms with E-state index in [1.54, 1.807) is 6.92 Å². The Bertz CT molecular complexity index is 626. The first-order valence-corrected chi connectivity index (χ1v) is 6.77. The molecule has 0 fully saturated rings. The molecule has 1 aliphatic carbocycles. The summed E-state index contributed by atoms with van der Waals surface area (Å²) in [5.41, 5.74) is 2.48. The lowest BCUT2D eigenvalue weighted by molar-refractivity contribution is 0.105. The van der Waals surface area contributed by atoms with Crippen molar-refractivity contribution in [3.8, 4) is 0 Å². The highest BCUT2D eigenvalue weighted by Gasteiger charge is 2.31. The fourth-order valence-corrected chi connectivity index (χ4v) is 3.00. The average Bonchev–Trinajstić information content (AvgIpc) is 2.87. The summed E-state index contributed by atoms with van der Waals surface area (Å²) in [5, 5.41) is 10.4. The summed E-state index contributed by atoms with van der Waals surface area (Å²) in [7, 11) is 0.